The first-order chi connectivity index (χ1) is 12.7. The molecule has 1 aliphatic heterocycles. The zero-order chi connectivity index (χ0) is 17.9. The van der Waals surface area contributed by atoms with Crippen LogP contribution in [0.15, 0.2) is 71.9 Å². The summed E-state index contributed by atoms with van der Waals surface area (Å²) in [6.45, 7) is 2.33. The maximum Gasteiger partial charge on any atom is 0.251 e. The van der Waals surface area contributed by atoms with Gasteiger partial charge in [-0.3, -0.25) is 4.79 Å². The highest BCUT2D eigenvalue weighted by molar-refractivity contribution is 5.96. The van der Waals surface area contributed by atoms with Crippen LogP contribution >= 0.6 is 0 Å². The van der Waals surface area contributed by atoms with Crippen LogP contribution in [0.5, 0.6) is 0 Å². The van der Waals surface area contributed by atoms with E-state index < -0.39 is 0 Å². The Labute approximate surface area is 150 Å². The second-order valence-electron chi connectivity index (χ2n) is 6.09. The average Bonchev–Trinajstić information content (AvgIpc) is 3.14. The molecule has 1 aliphatic rings. The number of carbonyl (C=O) groups is 1. The van der Waals surface area contributed by atoms with Crippen molar-refractivity contribution in [2.24, 2.45) is 0 Å². The second kappa shape index (κ2) is 6.79. The molecule has 2 aromatic carbocycles. The molecule has 0 unspecified atom stereocenters. The summed E-state index contributed by atoms with van der Waals surface area (Å²) in [5, 5.41) is 17.9. The molecule has 1 aromatic heterocycles. The fourth-order valence-electron chi connectivity index (χ4n) is 3.12. The topological polar surface area (TPSA) is 84.7 Å². The first-order valence-corrected chi connectivity index (χ1v) is 8.37. The molecule has 1 amide bonds. The van der Waals surface area contributed by atoms with Crippen LogP contribution in [0.4, 0.5) is 5.95 Å². The van der Waals surface area contributed by atoms with Crippen LogP contribution in [-0.4, -0.2) is 26.1 Å². The fourth-order valence-corrected chi connectivity index (χ4v) is 3.12. The minimum atomic E-state index is -0.377. The molecule has 0 spiro atoms. The number of tetrazole rings is 1. The Morgan fingerprint density at radius 1 is 1.12 bits per heavy atom. The van der Waals surface area contributed by atoms with Crippen LogP contribution in [0.3, 0.4) is 0 Å². The van der Waals surface area contributed by atoms with E-state index in [9.17, 15) is 4.79 Å². The molecule has 2 heterocycles. The summed E-state index contributed by atoms with van der Waals surface area (Å²) in [6, 6.07) is 19.2. The van der Waals surface area contributed by atoms with E-state index >= 15 is 0 Å². The Morgan fingerprint density at radius 2 is 1.81 bits per heavy atom. The molecule has 0 radical (unpaired) electrons. The third kappa shape index (κ3) is 2.95. The number of hydrogen-bond acceptors (Lipinski definition) is 5. The van der Waals surface area contributed by atoms with Gasteiger partial charge in [0.1, 0.15) is 6.04 Å². The molecule has 1 atom stereocenters. The van der Waals surface area contributed by atoms with Crippen molar-refractivity contribution >= 4 is 11.9 Å². The standard InChI is InChI=1S/C19H18N6O/c1-13-16(18(26)20-12-14-8-4-2-5-9-14)17(15-10-6-3-7-11-15)25-19(21-13)22-23-24-25/h2-11,17H,12H2,1H3,(H,20,26)(H,21,22,24)/t17-/m1/s1. The van der Waals surface area contributed by atoms with Gasteiger partial charge in [0.15, 0.2) is 0 Å². The molecule has 130 valence electrons. The highest BCUT2D eigenvalue weighted by atomic mass is 16.1. The van der Waals surface area contributed by atoms with E-state index in [1.54, 1.807) is 4.68 Å². The Kier molecular flexibility index (Phi) is 4.18. The number of aromatic nitrogens is 4. The predicted octanol–water partition coefficient (Wildman–Crippen LogP) is 2.28. The van der Waals surface area contributed by atoms with Gasteiger partial charge in [0, 0.05) is 12.2 Å². The zero-order valence-corrected chi connectivity index (χ0v) is 14.3. The largest absolute Gasteiger partial charge is 0.348 e. The van der Waals surface area contributed by atoms with Crippen molar-refractivity contribution in [1.29, 1.82) is 0 Å². The third-order valence-corrected chi connectivity index (χ3v) is 4.37. The molecular weight excluding hydrogens is 328 g/mol. The maximum absolute atomic E-state index is 13.0. The van der Waals surface area contributed by atoms with Crippen molar-refractivity contribution in [2.75, 3.05) is 5.32 Å². The van der Waals surface area contributed by atoms with Crippen LogP contribution in [0, 0.1) is 0 Å². The van der Waals surface area contributed by atoms with Crippen molar-refractivity contribution in [3.05, 3.63) is 83.1 Å². The Balaban J connectivity index is 1.67. The van der Waals surface area contributed by atoms with Crippen LogP contribution in [0.25, 0.3) is 0 Å². The lowest BCUT2D eigenvalue weighted by Crippen LogP contribution is -2.34. The minimum Gasteiger partial charge on any atom is -0.348 e. The normalized spacial score (nSPS) is 16.0. The van der Waals surface area contributed by atoms with Gasteiger partial charge in [-0.15, -0.1) is 0 Å². The molecule has 0 saturated carbocycles. The first-order valence-electron chi connectivity index (χ1n) is 8.37. The summed E-state index contributed by atoms with van der Waals surface area (Å²) in [5.74, 6) is 0.379. The number of allylic oxidation sites excluding steroid dienone is 1. The lowest BCUT2D eigenvalue weighted by molar-refractivity contribution is -0.118. The number of hydrogen-bond donors (Lipinski definition) is 2. The summed E-state index contributed by atoms with van der Waals surface area (Å²) < 4.78 is 1.64. The summed E-state index contributed by atoms with van der Waals surface area (Å²) in [7, 11) is 0. The maximum atomic E-state index is 13.0. The minimum absolute atomic E-state index is 0.145. The number of nitrogens with zero attached hydrogens (tertiary/aromatic N) is 4. The molecule has 0 saturated heterocycles. The SMILES string of the molecule is CC1=C(C(=O)NCc2ccccc2)[C@@H](c2ccccc2)n2nnnc2N1. The number of rotatable bonds is 4. The van der Waals surface area contributed by atoms with Crippen molar-refractivity contribution < 1.29 is 4.79 Å². The fraction of sp³-hybridized carbons (Fsp3) is 0.158. The Morgan fingerprint density at radius 3 is 2.54 bits per heavy atom. The van der Waals surface area contributed by atoms with E-state index in [2.05, 4.69) is 26.2 Å². The Bertz CT molecular complexity index is 948. The van der Waals surface area contributed by atoms with Gasteiger partial charge >= 0.3 is 0 Å². The van der Waals surface area contributed by atoms with Gasteiger partial charge < -0.3 is 10.6 Å². The number of fused-ring (bicyclic) bond motifs is 1. The summed E-state index contributed by atoms with van der Waals surface area (Å²) in [6.07, 6.45) is 0. The molecule has 26 heavy (non-hydrogen) atoms. The molecule has 0 bridgehead atoms. The highest BCUT2D eigenvalue weighted by Gasteiger charge is 2.33. The van der Waals surface area contributed by atoms with E-state index in [4.69, 9.17) is 0 Å². The van der Waals surface area contributed by atoms with Crippen LogP contribution in [-0.2, 0) is 11.3 Å². The average molecular weight is 346 g/mol. The molecule has 7 heteroatoms. The second-order valence-corrected chi connectivity index (χ2v) is 6.09. The number of nitrogens with one attached hydrogen (secondary N) is 2. The van der Waals surface area contributed by atoms with Gasteiger partial charge in [0.05, 0.1) is 5.57 Å². The summed E-state index contributed by atoms with van der Waals surface area (Å²) in [4.78, 5) is 13.0. The molecule has 4 rings (SSSR count). The summed E-state index contributed by atoms with van der Waals surface area (Å²) in [5.41, 5.74) is 3.34. The van der Waals surface area contributed by atoms with Crippen molar-refractivity contribution in [2.45, 2.75) is 19.5 Å². The van der Waals surface area contributed by atoms with E-state index in [1.165, 1.54) is 0 Å². The predicted molar refractivity (Wildman–Crippen MR) is 97.0 cm³/mol. The first kappa shape index (κ1) is 16.0. The summed E-state index contributed by atoms with van der Waals surface area (Å²) >= 11 is 0. The van der Waals surface area contributed by atoms with Crippen LogP contribution in [0.1, 0.15) is 24.1 Å². The smallest absolute Gasteiger partial charge is 0.251 e. The monoisotopic (exact) mass is 346 g/mol. The third-order valence-electron chi connectivity index (χ3n) is 4.37. The van der Waals surface area contributed by atoms with Crippen molar-refractivity contribution in [1.82, 2.24) is 25.5 Å². The molecule has 7 nitrogen and oxygen atoms in total. The number of benzene rings is 2. The van der Waals surface area contributed by atoms with E-state index in [1.807, 2.05) is 67.6 Å². The van der Waals surface area contributed by atoms with Crippen molar-refractivity contribution in [3.63, 3.8) is 0 Å². The highest BCUT2D eigenvalue weighted by Crippen LogP contribution is 2.34. The molecule has 2 N–H and O–H groups in total. The molecule has 0 fully saturated rings. The number of anilines is 1. The van der Waals surface area contributed by atoms with Gasteiger partial charge in [0.25, 0.3) is 5.91 Å². The van der Waals surface area contributed by atoms with E-state index in [0.717, 1.165) is 16.8 Å². The van der Waals surface area contributed by atoms with Gasteiger partial charge in [-0.25, -0.2) is 0 Å². The molecule has 3 aromatic rings. The van der Waals surface area contributed by atoms with Gasteiger partial charge in [-0.05, 0) is 28.5 Å². The number of carbonyl (C=O) groups excluding carboxylic acids is 1. The Hall–Kier alpha value is -3.48. The van der Waals surface area contributed by atoms with E-state index in [0.29, 0.717) is 18.1 Å². The zero-order valence-electron chi connectivity index (χ0n) is 14.3. The van der Waals surface area contributed by atoms with Gasteiger partial charge in [-0.2, -0.15) is 4.68 Å². The van der Waals surface area contributed by atoms with Gasteiger partial charge in [-0.1, -0.05) is 65.8 Å². The quantitative estimate of drug-likeness (QED) is 0.757. The molecular formula is C19H18N6O. The lowest BCUT2D eigenvalue weighted by atomic mass is 9.95. The number of amides is 1. The van der Waals surface area contributed by atoms with Crippen LogP contribution < -0.4 is 10.6 Å². The van der Waals surface area contributed by atoms with E-state index in [-0.39, 0.29) is 11.9 Å². The molecule has 0 aliphatic carbocycles. The van der Waals surface area contributed by atoms with Gasteiger partial charge in [0.2, 0.25) is 5.95 Å². The van der Waals surface area contributed by atoms with Crippen LogP contribution in [0.2, 0.25) is 0 Å². The lowest BCUT2D eigenvalue weighted by Gasteiger charge is -2.28. The van der Waals surface area contributed by atoms with Crippen molar-refractivity contribution in [3.8, 4) is 0 Å².